The molecule has 0 unspecified atom stereocenters. The molecule has 5 N–H and O–H groups in total. The summed E-state index contributed by atoms with van der Waals surface area (Å²) in [4.78, 5) is 25.3. The van der Waals surface area contributed by atoms with Crippen molar-refractivity contribution in [3.05, 3.63) is 36.3 Å². The van der Waals surface area contributed by atoms with Crippen LogP contribution in [-0.4, -0.2) is 54.9 Å². The summed E-state index contributed by atoms with van der Waals surface area (Å²) in [5.74, 6) is 0.183. The minimum atomic E-state index is -1.61. The van der Waals surface area contributed by atoms with Gasteiger partial charge in [0.05, 0.1) is 23.4 Å². The van der Waals surface area contributed by atoms with E-state index in [1.54, 1.807) is 23.0 Å². The first-order valence-electron chi connectivity index (χ1n) is 9.57. The second kappa shape index (κ2) is 8.23. The molecule has 0 spiro atoms. The standard InChI is InChI=1S/C20H26FN7O2/c1-11(2)26-14-7-16(28-6-5-12-8-25-19(22)27-17(12)28)23-9-13(14)18(29)24-10-15(21)20(3,4)30/h5-9,11,15,30H,10H2,1-4H3,(H,23,26)(H,24,29)(H2,22,25,27)/t15-/m1/s1. The number of hydrogen-bond donors (Lipinski definition) is 4. The van der Waals surface area contributed by atoms with Gasteiger partial charge >= 0.3 is 0 Å². The van der Waals surface area contributed by atoms with Gasteiger partial charge in [0, 0.05) is 36.1 Å². The number of nitrogens with zero attached hydrogens (tertiary/aromatic N) is 4. The number of nitrogen functional groups attached to an aromatic ring is 1. The van der Waals surface area contributed by atoms with Crippen LogP contribution in [0, 0.1) is 0 Å². The normalized spacial score (nSPS) is 12.9. The van der Waals surface area contributed by atoms with Gasteiger partial charge in [0.1, 0.15) is 12.0 Å². The maximum Gasteiger partial charge on any atom is 0.255 e. The van der Waals surface area contributed by atoms with E-state index in [0.29, 0.717) is 17.2 Å². The lowest BCUT2D eigenvalue weighted by molar-refractivity contribution is -0.00177. The summed E-state index contributed by atoms with van der Waals surface area (Å²) < 4.78 is 15.7. The number of carbonyl (C=O) groups is 1. The highest BCUT2D eigenvalue weighted by atomic mass is 19.1. The summed E-state index contributed by atoms with van der Waals surface area (Å²) in [6.07, 6.45) is 3.23. The Balaban J connectivity index is 1.93. The number of hydrogen-bond acceptors (Lipinski definition) is 7. The van der Waals surface area contributed by atoms with Gasteiger partial charge in [0.2, 0.25) is 5.95 Å². The summed E-state index contributed by atoms with van der Waals surface area (Å²) in [7, 11) is 0. The van der Waals surface area contributed by atoms with Gasteiger partial charge in [-0.3, -0.25) is 9.36 Å². The second-order valence-corrected chi connectivity index (χ2v) is 7.91. The molecule has 0 aliphatic heterocycles. The van der Waals surface area contributed by atoms with E-state index >= 15 is 0 Å². The van der Waals surface area contributed by atoms with Crippen molar-refractivity contribution in [3.8, 4) is 5.82 Å². The number of aliphatic hydroxyl groups is 1. The number of halogens is 1. The molecule has 3 rings (SSSR count). The van der Waals surface area contributed by atoms with Crippen molar-refractivity contribution in [2.24, 2.45) is 0 Å². The second-order valence-electron chi connectivity index (χ2n) is 7.91. The van der Waals surface area contributed by atoms with Gasteiger partial charge in [0.15, 0.2) is 5.65 Å². The van der Waals surface area contributed by atoms with Crippen molar-refractivity contribution in [1.82, 2.24) is 24.8 Å². The summed E-state index contributed by atoms with van der Waals surface area (Å²) in [5.41, 5.74) is 5.55. The summed E-state index contributed by atoms with van der Waals surface area (Å²) in [6, 6.07) is 3.59. The van der Waals surface area contributed by atoms with Gasteiger partial charge in [-0.2, -0.15) is 4.98 Å². The van der Waals surface area contributed by atoms with Crippen molar-refractivity contribution in [1.29, 1.82) is 0 Å². The Bertz CT molecular complexity index is 1060. The number of carbonyl (C=O) groups excluding carboxylic acids is 1. The van der Waals surface area contributed by atoms with E-state index in [9.17, 15) is 14.3 Å². The zero-order valence-corrected chi connectivity index (χ0v) is 17.3. The molecule has 0 aliphatic rings. The van der Waals surface area contributed by atoms with Crippen LogP contribution in [0.5, 0.6) is 0 Å². The fourth-order valence-corrected chi connectivity index (χ4v) is 2.83. The number of alkyl halides is 1. The van der Waals surface area contributed by atoms with Crippen LogP contribution in [-0.2, 0) is 0 Å². The predicted octanol–water partition coefficient (Wildman–Crippen LogP) is 2.06. The van der Waals surface area contributed by atoms with Crippen molar-refractivity contribution in [2.75, 3.05) is 17.6 Å². The predicted molar refractivity (Wildman–Crippen MR) is 113 cm³/mol. The summed E-state index contributed by atoms with van der Waals surface area (Å²) >= 11 is 0. The number of aromatic nitrogens is 4. The Kier molecular flexibility index (Phi) is 5.88. The highest BCUT2D eigenvalue weighted by Crippen LogP contribution is 2.23. The monoisotopic (exact) mass is 415 g/mol. The Labute approximate surface area is 173 Å². The molecule has 1 atom stereocenters. The smallest absolute Gasteiger partial charge is 0.255 e. The van der Waals surface area contributed by atoms with Crippen LogP contribution in [0.1, 0.15) is 38.1 Å². The van der Waals surface area contributed by atoms with Gasteiger partial charge in [0.25, 0.3) is 5.91 Å². The molecule has 0 fully saturated rings. The van der Waals surface area contributed by atoms with Crippen LogP contribution in [0.3, 0.4) is 0 Å². The highest BCUT2D eigenvalue weighted by molar-refractivity contribution is 5.99. The van der Waals surface area contributed by atoms with E-state index in [1.807, 2.05) is 19.9 Å². The van der Waals surface area contributed by atoms with E-state index in [-0.39, 0.29) is 24.1 Å². The zero-order valence-electron chi connectivity index (χ0n) is 17.3. The van der Waals surface area contributed by atoms with E-state index in [1.165, 1.54) is 20.0 Å². The fourth-order valence-electron chi connectivity index (χ4n) is 2.83. The van der Waals surface area contributed by atoms with Crippen LogP contribution >= 0.6 is 0 Å². The van der Waals surface area contributed by atoms with E-state index in [0.717, 1.165) is 5.39 Å². The van der Waals surface area contributed by atoms with Crippen molar-refractivity contribution >= 4 is 28.6 Å². The molecule has 3 aromatic heterocycles. The number of rotatable bonds is 7. The summed E-state index contributed by atoms with van der Waals surface area (Å²) in [6.45, 7) is 6.26. The zero-order chi connectivity index (χ0) is 22.1. The van der Waals surface area contributed by atoms with E-state index < -0.39 is 17.7 Å². The lowest BCUT2D eigenvalue weighted by Gasteiger charge is -2.23. The molecule has 30 heavy (non-hydrogen) atoms. The highest BCUT2D eigenvalue weighted by Gasteiger charge is 2.27. The van der Waals surface area contributed by atoms with E-state index in [2.05, 4.69) is 25.6 Å². The number of pyridine rings is 1. The minimum absolute atomic E-state index is 0.0384. The Morgan fingerprint density at radius 1 is 1.33 bits per heavy atom. The topological polar surface area (TPSA) is 131 Å². The van der Waals surface area contributed by atoms with Crippen LogP contribution in [0.4, 0.5) is 16.0 Å². The lowest BCUT2D eigenvalue weighted by Crippen LogP contribution is -2.42. The quantitative estimate of drug-likeness (QED) is 0.464. The van der Waals surface area contributed by atoms with Crippen molar-refractivity contribution in [3.63, 3.8) is 0 Å². The van der Waals surface area contributed by atoms with Crippen molar-refractivity contribution in [2.45, 2.75) is 45.5 Å². The number of nitrogens with one attached hydrogen (secondary N) is 2. The van der Waals surface area contributed by atoms with Gasteiger partial charge < -0.3 is 21.5 Å². The SMILES string of the molecule is CC(C)Nc1cc(-n2ccc3cnc(N)nc32)ncc1C(=O)NC[C@@H](F)C(C)(C)O. The first-order chi connectivity index (χ1) is 14.1. The number of amides is 1. The largest absolute Gasteiger partial charge is 0.387 e. The molecule has 0 radical (unpaired) electrons. The average molecular weight is 415 g/mol. The molecule has 0 saturated carbocycles. The Morgan fingerprint density at radius 3 is 2.73 bits per heavy atom. The average Bonchev–Trinajstić information content (AvgIpc) is 3.07. The molecule has 3 heterocycles. The molecule has 160 valence electrons. The number of anilines is 2. The third kappa shape index (κ3) is 4.65. The molecular weight excluding hydrogens is 389 g/mol. The molecule has 0 aliphatic carbocycles. The molecule has 0 aromatic carbocycles. The molecule has 10 heteroatoms. The van der Waals surface area contributed by atoms with E-state index in [4.69, 9.17) is 5.73 Å². The van der Waals surface area contributed by atoms with Crippen LogP contribution in [0.25, 0.3) is 16.9 Å². The number of fused-ring (bicyclic) bond motifs is 1. The van der Waals surface area contributed by atoms with Gasteiger partial charge in [-0.25, -0.2) is 14.4 Å². The van der Waals surface area contributed by atoms with Crippen LogP contribution < -0.4 is 16.4 Å². The molecule has 3 aromatic rings. The molecule has 0 bridgehead atoms. The fraction of sp³-hybridized carbons (Fsp3) is 0.400. The molecule has 9 nitrogen and oxygen atoms in total. The van der Waals surface area contributed by atoms with Gasteiger partial charge in [-0.15, -0.1) is 0 Å². The van der Waals surface area contributed by atoms with Gasteiger partial charge in [-0.1, -0.05) is 0 Å². The van der Waals surface area contributed by atoms with Crippen molar-refractivity contribution < 1.29 is 14.3 Å². The Hall–Kier alpha value is -3.27. The van der Waals surface area contributed by atoms with Crippen LogP contribution in [0.2, 0.25) is 0 Å². The summed E-state index contributed by atoms with van der Waals surface area (Å²) in [5, 5.41) is 16.2. The lowest BCUT2D eigenvalue weighted by atomic mass is 10.0. The Morgan fingerprint density at radius 2 is 2.07 bits per heavy atom. The first kappa shape index (κ1) is 21.4. The minimum Gasteiger partial charge on any atom is -0.387 e. The first-order valence-corrected chi connectivity index (χ1v) is 9.57. The third-order valence-corrected chi connectivity index (χ3v) is 4.48. The maximum atomic E-state index is 14.0. The van der Waals surface area contributed by atoms with Gasteiger partial charge in [-0.05, 0) is 33.8 Å². The molecule has 1 amide bonds. The third-order valence-electron chi connectivity index (χ3n) is 4.48. The maximum absolute atomic E-state index is 14.0. The number of nitrogens with two attached hydrogens (primary N) is 1. The van der Waals surface area contributed by atoms with Crippen LogP contribution in [0.15, 0.2) is 30.7 Å². The molecule has 0 saturated heterocycles. The molecular formula is C20H26FN7O2.